The van der Waals surface area contributed by atoms with Gasteiger partial charge in [-0.3, -0.25) is 0 Å². The van der Waals surface area contributed by atoms with Crippen LogP contribution in [0, 0.1) is 0 Å². The maximum atomic E-state index is 5.72. The summed E-state index contributed by atoms with van der Waals surface area (Å²) in [5, 5.41) is 0. The third-order valence-electron chi connectivity index (χ3n) is 2.52. The van der Waals surface area contributed by atoms with Gasteiger partial charge < -0.3 is 15.0 Å². The Hall–Kier alpha value is -1.33. The van der Waals surface area contributed by atoms with E-state index in [0.29, 0.717) is 13.2 Å². The quantitative estimate of drug-likeness (QED) is 0.941. The molecule has 0 aliphatic heterocycles. The summed E-state index contributed by atoms with van der Waals surface area (Å²) in [7, 11) is 1.94. The van der Waals surface area contributed by atoms with Crippen molar-refractivity contribution in [1.29, 1.82) is 0 Å². The van der Waals surface area contributed by atoms with Crippen molar-refractivity contribution in [1.82, 2.24) is 9.55 Å². The standard InChI is InChI=1S/C12H14BrN3O/c1-16-5-4-15-12(16)8-17-11-3-2-10(13)6-9(11)7-14/h2-6H,7-8,14H2,1H3. The van der Waals surface area contributed by atoms with Crippen LogP contribution < -0.4 is 10.5 Å². The monoisotopic (exact) mass is 295 g/mol. The molecule has 0 atom stereocenters. The zero-order chi connectivity index (χ0) is 12.3. The normalized spacial score (nSPS) is 10.5. The summed E-state index contributed by atoms with van der Waals surface area (Å²) >= 11 is 3.41. The fourth-order valence-electron chi connectivity index (χ4n) is 1.53. The zero-order valence-electron chi connectivity index (χ0n) is 9.56. The van der Waals surface area contributed by atoms with Gasteiger partial charge in [0.25, 0.3) is 0 Å². The third-order valence-corrected chi connectivity index (χ3v) is 3.01. The molecule has 0 saturated heterocycles. The van der Waals surface area contributed by atoms with E-state index in [0.717, 1.165) is 21.6 Å². The van der Waals surface area contributed by atoms with E-state index < -0.39 is 0 Å². The molecule has 0 bridgehead atoms. The Morgan fingerprint density at radius 2 is 2.29 bits per heavy atom. The summed E-state index contributed by atoms with van der Waals surface area (Å²) in [6.07, 6.45) is 3.65. The summed E-state index contributed by atoms with van der Waals surface area (Å²) in [6.45, 7) is 0.896. The van der Waals surface area contributed by atoms with Crippen molar-refractivity contribution in [3.05, 3.63) is 46.5 Å². The summed E-state index contributed by atoms with van der Waals surface area (Å²) in [4.78, 5) is 4.20. The van der Waals surface area contributed by atoms with Crippen molar-refractivity contribution in [3.63, 3.8) is 0 Å². The smallest absolute Gasteiger partial charge is 0.146 e. The van der Waals surface area contributed by atoms with Gasteiger partial charge in [0.2, 0.25) is 0 Å². The fourth-order valence-corrected chi connectivity index (χ4v) is 1.93. The second kappa shape index (κ2) is 5.33. The Bertz CT molecular complexity index is 510. The number of hydrogen-bond acceptors (Lipinski definition) is 3. The summed E-state index contributed by atoms with van der Waals surface area (Å²) in [6, 6.07) is 5.82. The number of ether oxygens (including phenoxy) is 1. The Labute approximate surface area is 109 Å². The number of aryl methyl sites for hydroxylation is 1. The molecule has 0 saturated carbocycles. The van der Waals surface area contributed by atoms with Crippen molar-refractivity contribution in [3.8, 4) is 5.75 Å². The Morgan fingerprint density at radius 1 is 1.47 bits per heavy atom. The highest BCUT2D eigenvalue weighted by Gasteiger charge is 2.05. The summed E-state index contributed by atoms with van der Waals surface area (Å²) in [5.41, 5.74) is 6.66. The molecule has 4 nitrogen and oxygen atoms in total. The van der Waals surface area contributed by atoms with Crippen LogP contribution in [0.2, 0.25) is 0 Å². The van der Waals surface area contributed by atoms with Gasteiger partial charge in [0.05, 0.1) is 0 Å². The van der Waals surface area contributed by atoms with Crippen LogP contribution in [0.1, 0.15) is 11.4 Å². The SMILES string of the molecule is Cn1ccnc1COc1ccc(Br)cc1CN. The summed E-state index contributed by atoms with van der Waals surface area (Å²) in [5.74, 6) is 1.69. The molecule has 0 aliphatic carbocycles. The van der Waals surface area contributed by atoms with Crippen LogP contribution in [-0.4, -0.2) is 9.55 Å². The topological polar surface area (TPSA) is 53.1 Å². The molecule has 5 heteroatoms. The predicted molar refractivity (Wildman–Crippen MR) is 69.6 cm³/mol. The maximum absolute atomic E-state index is 5.72. The molecule has 2 N–H and O–H groups in total. The molecular weight excluding hydrogens is 282 g/mol. The molecule has 0 spiro atoms. The first-order valence-corrected chi connectivity index (χ1v) is 6.07. The largest absolute Gasteiger partial charge is 0.485 e. The molecule has 2 aromatic rings. The lowest BCUT2D eigenvalue weighted by Gasteiger charge is -2.10. The second-order valence-electron chi connectivity index (χ2n) is 3.70. The van der Waals surface area contributed by atoms with E-state index in [1.54, 1.807) is 6.20 Å². The lowest BCUT2D eigenvalue weighted by Crippen LogP contribution is -2.06. The number of aromatic nitrogens is 2. The Kier molecular flexibility index (Phi) is 3.81. The minimum absolute atomic E-state index is 0.443. The van der Waals surface area contributed by atoms with Gasteiger partial charge in [-0.1, -0.05) is 15.9 Å². The molecular formula is C12H14BrN3O. The van der Waals surface area contributed by atoms with Crippen LogP contribution in [0.5, 0.6) is 5.75 Å². The van der Waals surface area contributed by atoms with Crippen LogP contribution in [0.3, 0.4) is 0 Å². The maximum Gasteiger partial charge on any atom is 0.146 e. The molecule has 2 rings (SSSR count). The molecule has 1 heterocycles. The highest BCUT2D eigenvalue weighted by atomic mass is 79.9. The molecule has 1 aromatic heterocycles. The van der Waals surface area contributed by atoms with Crippen LogP contribution in [0.15, 0.2) is 35.1 Å². The summed E-state index contributed by atoms with van der Waals surface area (Å²) < 4.78 is 8.66. The van der Waals surface area contributed by atoms with Gasteiger partial charge in [-0.25, -0.2) is 4.98 Å². The third kappa shape index (κ3) is 2.87. The van der Waals surface area contributed by atoms with E-state index in [4.69, 9.17) is 10.5 Å². The molecule has 0 aliphatic rings. The first-order valence-electron chi connectivity index (χ1n) is 5.28. The minimum Gasteiger partial charge on any atom is -0.485 e. The van der Waals surface area contributed by atoms with Crippen LogP contribution >= 0.6 is 15.9 Å². The van der Waals surface area contributed by atoms with Crippen molar-refractivity contribution < 1.29 is 4.74 Å². The molecule has 1 aromatic carbocycles. The molecule has 0 fully saturated rings. The molecule has 90 valence electrons. The van der Waals surface area contributed by atoms with Crippen LogP contribution in [0.4, 0.5) is 0 Å². The predicted octanol–water partition coefficient (Wildman–Crippen LogP) is 2.22. The van der Waals surface area contributed by atoms with Gasteiger partial charge in [-0.2, -0.15) is 0 Å². The number of benzene rings is 1. The first kappa shape index (κ1) is 12.1. The minimum atomic E-state index is 0.443. The van der Waals surface area contributed by atoms with Gasteiger partial charge in [-0.15, -0.1) is 0 Å². The Morgan fingerprint density at radius 3 is 2.94 bits per heavy atom. The van der Waals surface area contributed by atoms with E-state index in [1.807, 2.05) is 36.0 Å². The number of imidazole rings is 1. The highest BCUT2D eigenvalue weighted by Crippen LogP contribution is 2.23. The van der Waals surface area contributed by atoms with Gasteiger partial charge in [0, 0.05) is 36.0 Å². The van der Waals surface area contributed by atoms with E-state index in [2.05, 4.69) is 20.9 Å². The lowest BCUT2D eigenvalue weighted by atomic mass is 10.2. The first-order chi connectivity index (χ1) is 8.20. The fraction of sp³-hybridized carbons (Fsp3) is 0.250. The van der Waals surface area contributed by atoms with Crippen LogP contribution in [0.25, 0.3) is 0 Å². The zero-order valence-corrected chi connectivity index (χ0v) is 11.1. The van der Waals surface area contributed by atoms with Crippen molar-refractivity contribution in [2.75, 3.05) is 0 Å². The average molecular weight is 296 g/mol. The van der Waals surface area contributed by atoms with Crippen molar-refractivity contribution in [2.24, 2.45) is 12.8 Å². The van der Waals surface area contributed by atoms with Crippen molar-refractivity contribution >= 4 is 15.9 Å². The van der Waals surface area contributed by atoms with Gasteiger partial charge in [-0.05, 0) is 18.2 Å². The van der Waals surface area contributed by atoms with E-state index in [9.17, 15) is 0 Å². The lowest BCUT2D eigenvalue weighted by molar-refractivity contribution is 0.289. The molecule has 17 heavy (non-hydrogen) atoms. The van der Waals surface area contributed by atoms with E-state index in [1.165, 1.54) is 0 Å². The number of nitrogens with two attached hydrogens (primary N) is 1. The van der Waals surface area contributed by atoms with E-state index >= 15 is 0 Å². The van der Waals surface area contributed by atoms with Gasteiger partial charge >= 0.3 is 0 Å². The molecule has 0 amide bonds. The van der Waals surface area contributed by atoms with Gasteiger partial charge in [0.15, 0.2) is 0 Å². The number of halogens is 1. The number of hydrogen-bond donors (Lipinski definition) is 1. The van der Waals surface area contributed by atoms with Gasteiger partial charge in [0.1, 0.15) is 18.2 Å². The molecule has 0 radical (unpaired) electrons. The Balaban J connectivity index is 2.11. The van der Waals surface area contributed by atoms with Crippen molar-refractivity contribution in [2.45, 2.75) is 13.2 Å². The molecule has 0 unspecified atom stereocenters. The number of nitrogens with zero attached hydrogens (tertiary/aromatic N) is 2. The highest BCUT2D eigenvalue weighted by molar-refractivity contribution is 9.10. The van der Waals surface area contributed by atoms with Crippen LogP contribution in [-0.2, 0) is 20.2 Å². The second-order valence-corrected chi connectivity index (χ2v) is 4.61. The average Bonchev–Trinajstić information content (AvgIpc) is 2.73. The van der Waals surface area contributed by atoms with E-state index in [-0.39, 0.29) is 0 Å². The number of rotatable bonds is 4.